The van der Waals surface area contributed by atoms with Crippen LogP contribution in [-0.4, -0.2) is 34.9 Å². The van der Waals surface area contributed by atoms with Crippen molar-refractivity contribution in [3.63, 3.8) is 0 Å². The molecular formula is C10H13NO4S2. The molecule has 7 heteroatoms. The van der Waals surface area contributed by atoms with Gasteiger partial charge in [-0.2, -0.15) is 0 Å². The molecule has 1 aromatic heterocycles. The van der Waals surface area contributed by atoms with Crippen LogP contribution in [0.25, 0.3) is 0 Å². The second-order valence-electron chi connectivity index (χ2n) is 2.59. The zero-order chi connectivity index (χ0) is 13.1. The van der Waals surface area contributed by atoms with Gasteiger partial charge < -0.3 is 10.4 Å². The van der Waals surface area contributed by atoms with Crippen LogP contribution in [-0.2, 0) is 9.59 Å². The molecule has 2 N–H and O–H groups in total. The van der Waals surface area contributed by atoms with E-state index in [4.69, 9.17) is 5.11 Å². The quantitative estimate of drug-likeness (QED) is 0.795. The van der Waals surface area contributed by atoms with Gasteiger partial charge in [-0.05, 0) is 17.2 Å². The predicted molar refractivity (Wildman–Crippen MR) is 68.5 cm³/mol. The Morgan fingerprint density at radius 2 is 2.29 bits per heavy atom. The highest BCUT2D eigenvalue weighted by Crippen LogP contribution is 2.16. The van der Waals surface area contributed by atoms with Gasteiger partial charge in [0.15, 0.2) is 0 Å². The van der Waals surface area contributed by atoms with E-state index >= 15 is 0 Å². The fraction of sp³-hybridized carbons (Fsp3) is 0.300. The van der Waals surface area contributed by atoms with E-state index in [0.29, 0.717) is 6.41 Å². The first-order valence-corrected chi connectivity index (χ1v) is 6.57. The first-order valence-electron chi connectivity index (χ1n) is 4.71. The average Bonchev–Trinajstić information content (AvgIpc) is 2.81. The second kappa shape index (κ2) is 9.86. The molecule has 1 amide bonds. The molecule has 0 radical (unpaired) electrons. The summed E-state index contributed by atoms with van der Waals surface area (Å²) in [5, 5.41) is 11.9. The summed E-state index contributed by atoms with van der Waals surface area (Å²) in [5.41, 5.74) is 0. The van der Waals surface area contributed by atoms with E-state index in [0.717, 1.165) is 10.6 Å². The highest BCUT2D eigenvalue weighted by Gasteiger charge is 2.04. The van der Waals surface area contributed by atoms with Gasteiger partial charge in [0.25, 0.3) is 0 Å². The molecule has 0 aliphatic heterocycles. The average molecular weight is 275 g/mol. The molecule has 0 aromatic carbocycles. The molecule has 0 fully saturated rings. The maximum Gasteiger partial charge on any atom is 0.322 e. The van der Waals surface area contributed by atoms with E-state index in [1.165, 1.54) is 23.1 Å². The highest BCUT2D eigenvalue weighted by molar-refractivity contribution is 8.14. The molecule has 0 unspecified atom stereocenters. The second-order valence-corrected chi connectivity index (χ2v) is 4.77. The van der Waals surface area contributed by atoms with Crippen LogP contribution in [0.2, 0.25) is 0 Å². The van der Waals surface area contributed by atoms with Crippen molar-refractivity contribution in [2.24, 2.45) is 0 Å². The lowest BCUT2D eigenvalue weighted by atomic mass is 10.5. The van der Waals surface area contributed by atoms with Crippen molar-refractivity contribution in [1.29, 1.82) is 0 Å². The number of rotatable bonds is 5. The molecule has 0 saturated heterocycles. The van der Waals surface area contributed by atoms with Gasteiger partial charge in [-0.1, -0.05) is 24.8 Å². The molecule has 0 atom stereocenters. The lowest BCUT2D eigenvalue weighted by Crippen LogP contribution is -2.20. The lowest BCUT2D eigenvalue weighted by molar-refractivity contribution is -0.136. The molecule has 1 rings (SSSR count). The van der Waals surface area contributed by atoms with Crippen molar-refractivity contribution < 1.29 is 19.5 Å². The number of hydrogen-bond donors (Lipinski definition) is 2. The van der Waals surface area contributed by atoms with Crippen LogP contribution in [0.5, 0.6) is 0 Å². The van der Waals surface area contributed by atoms with E-state index in [-0.39, 0.29) is 11.7 Å². The number of aliphatic carboxylic acids is 1. The maximum atomic E-state index is 11.1. The first-order chi connectivity index (χ1) is 8.11. The third kappa shape index (κ3) is 8.47. The number of hydrogen-bond acceptors (Lipinski definition) is 5. The molecule has 0 bridgehead atoms. The fourth-order valence-corrected chi connectivity index (χ4v) is 2.08. The Morgan fingerprint density at radius 1 is 1.59 bits per heavy atom. The van der Waals surface area contributed by atoms with E-state index < -0.39 is 5.97 Å². The third-order valence-corrected chi connectivity index (χ3v) is 3.10. The fourth-order valence-electron chi connectivity index (χ4n) is 0.726. The van der Waals surface area contributed by atoms with Gasteiger partial charge in [0.05, 0.1) is 4.88 Å². The number of carboxylic acids is 1. The van der Waals surface area contributed by atoms with Gasteiger partial charge in [0.2, 0.25) is 11.5 Å². The molecule has 0 aliphatic carbocycles. The zero-order valence-corrected chi connectivity index (χ0v) is 10.8. The molecular weight excluding hydrogens is 262 g/mol. The summed E-state index contributed by atoms with van der Waals surface area (Å²) in [5.74, 6) is -0.177. The number of thioether (sulfide) groups is 1. The maximum absolute atomic E-state index is 11.1. The monoisotopic (exact) mass is 275 g/mol. The Kier molecular flexibility index (Phi) is 9.08. The SMILES string of the molecule is CCSC(=O)c1cccs1.O=CNCC(=O)O. The number of carbonyl (C=O) groups excluding carboxylic acids is 2. The third-order valence-electron chi connectivity index (χ3n) is 1.33. The topological polar surface area (TPSA) is 83.5 Å². The number of carbonyl (C=O) groups is 3. The van der Waals surface area contributed by atoms with Crippen LogP contribution in [0.3, 0.4) is 0 Å². The first kappa shape index (κ1) is 15.7. The predicted octanol–water partition coefficient (Wildman–Crippen LogP) is 1.46. The normalized spacial score (nSPS) is 8.76. The van der Waals surface area contributed by atoms with E-state index in [1.54, 1.807) is 0 Å². The Hall–Kier alpha value is -1.34. The molecule has 17 heavy (non-hydrogen) atoms. The number of nitrogens with one attached hydrogen (secondary N) is 1. The van der Waals surface area contributed by atoms with Crippen LogP contribution >= 0.6 is 23.1 Å². The van der Waals surface area contributed by atoms with Crippen LogP contribution in [0.4, 0.5) is 0 Å². The largest absolute Gasteiger partial charge is 0.480 e. The molecule has 0 saturated carbocycles. The number of carboxylic acid groups (broad SMARTS) is 1. The van der Waals surface area contributed by atoms with Gasteiger partial charge in [0, 0.05) is 0 Å². The highest BCUT2D eigenvalue weighted by atomic mass is 32.2. The van der Waals surface area contributed by atoms with Gasteiger partial charge in [-0.3, -0.25) is 14.4 Å². The van der Waals surface area contributed by atoms with Crippen LogP contribution in [0, 0.1) is 0 Å². The Balaban J connectivity index is 0.000000325. The number of amides is 1. The molecule has 0 spiro atoms. The van der Waals surface area contributed by atoms with E-state index in [9.17, 15) is 14.4 Å². The lowest BCUT2D eigenvalue weighted by Gasteiger charge is -1.90. The van der Waals surface area contributed by atoms with E-state index in [2.05, 4.69) is 0 Å². The van der Waals surface area contributed by atoms with E-state index in [1.807, 2.05) is 29.8 Å². The van der Waals surface area contributed by atoms with Crippen molar-refractivity contribution >= 4 is 40.6 Å². The van der Waals surface area contributed by atoms with Gasteiger partial charge in [0.1, 0.15) is 6.54 Å². The molecule has 0 aliphatic rings. The minimum atomic E-state index is -1.04. The zero-order valence-electron chi connectivity index (χ0n) is 9.21. The molecule has 5 nitrogen and oxygen atoms in total. The molecule has 94 valence electrons. The summed E-state index contributed by atoms with van der Waals surface area (Å²) in [6, 6.07) is 3.75. The summed E-state index contributed by atoms with van der Waals surface area (Å²) in [6.45, 7) is 1.68. The van der Waals surface area contributed by atoms with Crippen LogP contribution in [0.15, 0.2) is 17.5 Å². The molecule has 1 aromatic rings. The smallest absolute Gasteiger partial charge is 0.322 e. The standard InChI is InChI=1S/C7H8OS2.C3H5NO3/c1-2-9-7(8)6-4-3-5-10-6;5-2-4-1-3(6)7/h3-5H,2H2,1H3;2H,1H2,(H,4,5)(H,6,7). The minimum Gasteiger partial charge on any atom is -0.480 e. The molecule has 1 heterocycles. The van der Waals surface area contributed by atoms with Gasteiger partial charge >= 0.3 is 5.97 Å². The summed E-state index contributed by atoms with van der Waals surface area (Å²) >= 11 is 2.86. The van der Waals surface area contributed by atoms with Gasteiger partial charge in [-0.25, -0.2) is 0 Å². The Morgan fingerprint density at radius 3 is 2.65 bits per heavy atom. The Labute approximate surface area is 107 Å². The van der Waals surface area contributed by atoms with Crippen molar-refractivity contribution in [2.45, 2.75) is 6.92 Å². The summed E-state index contributed by atoms with van der Waals surface area (Å²) in [7, 11) is 0. The summed E-state index contributed by atoms with van der Waals surface area (Å²) in [4.78, 5) is 30.8. The summed E-state index contributed by atoms with van der Waals surface area (Å²) < 4.78 is 0. The summed E-state index contributed by atoms with van der Waals surface area (Å²) in [6.07, 6.45) is 0.341. The van der Waals surface area contributed by atoms with Crippen LogP contribution < -0.4 is 5.32 Å². The van der Waals surface area contributed by atoms with Crippen molar-refractivity contribution in [3.8, 4) is 0 Å². The van der Waals surface area contributed by atoms with Crippen molar-refractivity contribution in [1.82, 2.24) is 5.32 Å². The van der Waals surface area contributed by atoms with Gasteiger partial charge in [-0.15, -0.1) is 11.3 Å². The Bertz CT molecular complexity index is 351. The minimum absolute atomic E-state index is 0.192. The van der Waals surface area contributed by atoms with Crippen molar-refractivity contribution in [3.05, 3.63) is 22.4 Å². The van der Waals surface area contributed by atoms with Crippen molar-refractivity contribution in [2.75, 3.05) is 12.3 Å². The number of thiophene rings is 1. The van der Waals surface area contributed by atoms with Crippen LogP contribution in [0.1, 0.15) is 16.6 Å².